The summed E-state index contributed by atoms with van der Waals surface area (Å²) in [5.74, 6) is -1.61. The molecule has 9 heteroatoms. The number of halogens is 2. The maximum Gasteiger partial charge on any atom is 0.465 e. The lowest BCUT2D eigenvalue weighted by atomic mass is 9.66. The third-order valence-corrected chi connectivity index (χ3v) is 5.51. The molecule has 23 heavy (non-hydrogen) atoms. The van der Waals surface area contributed by atoms with Gasteiger partial charge >= 0.3 is 21.3 Å². The molecule has 132 valence electrons. The van der Waals surface area contributed by atoms with Crippen molar-refractivity contribution in [3.05, 3.63) is 0 Å². The van der Waals surface area contributed by atoms with Gasteiger partial charge in [-0.3, -0.25) is 9.35 Å². The molecule has 2 saturated carbocycles. The van der Waals surface area contributed by atoms with Crippen LogP contribution in [0, 0.1) is 17.8 Å². The van der Waals surface area contributed by atoms with Gasteiger partial charge in [0.2, 0.25) is 0 Å². The van der Waals surface area contributed by atoms with Crippen molar-refractivity contribution >= 4 is 21.9 Å². The largest absolute Gasteiger partial charge is 0.465 e. The Labute approximate surface area is 133 Å². The highest BCUT2D eigenvalue weighted by Gasteiger charge is 2.54. The SMILES string of the molecule is O=C1C(CCCOC(=O)C(F)(F)S(=O)(=O)O)CC2CCCC1C2. The number of carbonyl (C=O) groups excluding carboxylic acids is 2. The first kappa shape index (κ1) is 18.3. The number of alkyl halides is 2. The molecule has 0 radical (unpaired) electrons. The van der Waals surface area contributed by atoms with Crippen LogP contribution in [0.15, 0.2) is 0 Å². The predicted molar refractivity (Wildman–Crippen MR) is 75.3 cm³/mol. The van der Waals surface area contributed by atoms with Gasteiger partial charge in [0.1, 0.15) is 5.78 Å². The maximum atomic E-state index is 13.0. The smallest absolute Gasteiger partial charge is 0.460 e. The highest BCUT2D eigenvalue weighted by Crippen LogP contribution is 2.41. The number of Topliss-reactive ketones (excluding diaryl/α,β-unsaturated/α-hetero) is 1. The van der Waals surface area contributed by atoms with Gasteiger partial charge in [-0.1, -0.05) is 12.8 Å². The van der Waals surface area contributed by atoms with Crippen molar-refractivity contribution in [2.45, 2.75) is 50.2 Å². The highest BCUT2D eigenvalue weighted by atomic mass is 32.2. The molecular formula is C14H20F2O6S. The Balaban J connectivity index is 1.77. The van der Waals surface area contributed by atoms with Crippen molar-refractivity contribution in [2.75, 3.05) is 6.61 Å². The van der Waals surface area contributed by atoms with Crippen molar-refractivity contribution in [2.24, 2.45) is 17.8 Å². The summed E-state index contributed by atoms with van der Waals surface area (Å²) >= 11 is 0. The lowest BCUT2D eigenvalue weighted by molar-refractivity contribution is -0.161. The third-order valence-electron chi connectivity index (χ3n) is 4.70. The molecule has 2 aliphatic rings. The van der Waals surface area contributed by atoms with Crippen LogP contribution < -0.4 is 0 Å². The van der Waals surface area contributed by atoms with Crippen molar-refractivity contribution in [1.82, 2.24) is 0 Å². The van der Waals surface area contributed by atoms with E-state index in [4.69, 9.17) is 4.55 Å². The molecule has 0 amide bonds. The molecule has 0 saturated heterocycles. The first-order valence-electron chi connectivity index (χ1n) is 7.68. The summed E-state index contributed by atoms with van der Waals surface area (Å²) < 4.78 is 59.2. The van der Waals surface area contributed by atoms with E-state index in [-0.39, 0.29) is 24.0 Å². The molecule has 0 aliphatic heterocycles. The molecule has 2 bridgehead atoms. The maximum absolute atomic E-state index is 13.0. The lowest BCUT2D eigenvalue weighted by Crippen LogP contribution is -2.39. The Hall–Kier alpha value is -1.09. The number of hydrogen-bond donors (Lipinski definition) is 1. The van der Waals surface area contributed by atoms with Crippen molar-refractivity contribution in [3.8, 4) is 0 Å². The van der Waals surface area contributed by atoms with Gasteiger partial charge in [-0.25, -0.2) is 4.79 Å². The monoisotopic (exact) mass is 354 g/mol. The summed E-state index contributed by atoms with van der Waals surface area (Å²) in [4.78, 5) is 23.2. The van der Waals surface area contributed by atoms with Gasteiger partial charge in [-0.15, -0.1) is 0 Å². The minimum absolute atomic E-state index is 0.0962. The quantitative estimate of drug-likeness (QED) is 0.446. The molecule has 0 aromatic carbocycles. The normalized spacial score (nSPS) is 28.5. The summed E-state index contributed by atoms with van der Waals surface area (Å²) in [5, 5.41) is -4.97. The summed E-state index contributed by atoms with van der Waals surface area (Å²) in [6.07, 6.45) is 5.42. The molecule has 0 spiro atoms. The van der Waals surface area contributed by atoms with Crippen LogP contribution in [0.3, 0.4) is 0 Å². The Kier molecular flexibility index (Phi) is 5.40. The first-order chi connectivity index (χ1) is 10.6. The van der Waals surface area contributed by atoms with E-state index >= 15 is 0 Å². The van der Waals surface area contributed by atoms with Crippen LogP contribution in [0.2, 0.25) is 0 Å². The number of ether oxygens (including phenoxy) is 1. The van der Waals surface area contributed by atoms with E-state index in [0.29, 0.717) is 12.3 Å². The van der Waals surface area contributed by atoms with E-state index in [0.717, 1.165) is 32.1 Å². The number of hydrogen-bond acceptors (Lipinski definition) is 5. The van der Waals surface area contributed by atoms with Crippen LogP contribution in [0.5, 0.6) is 0 Å². The second kappa shape index (κ2) is 6.80. The number of carbonyl (C=O) groups is 2. The molecule has 0 heterocycles. The van der Waals surface area contributed by atoms with E-state index in [2.05, 4.69) is 4.74 Å². The zero-order chi connectivity index (χ0) is 17.3. The Bertz CT molecular complexity index is 574. The number of fused-ring (bicyclic) bond motifs is 2. The van der Waals surface area contributed by atoms with Crippen LogP contribution in [0.25, 0.3) is 0 Å². The minimum Gasteiger partial charge on any atom is -0.460 e. The van der Waals surface area contributed by atoms with E-state index in [1.165, 1.54) is 0 Å². The standard InChI is InChI=1S/C14H20F2O6S/c15-14(16,23(19,20)21)13(18)22-6-2-5-11-8-9-3-1-4-10(7-9)12(11)17/h9-11H,1-8H2,(H,19,20,21). The fraction of sp³-hybridized carbons (Fsp3) is 0.857. The zero-order valence-corrected chi connectivity index (χ0v) is 13.4. The second-order valence-corrected chi connectivity index (χ2v) is 7.80. The summed E-state index contributed by atoms with van der Waals surface area (Å²) in [7, 11) is -5.84. The topological polar surface area (TPSA) is 97.7 Å². The van der Waals surface area contributed by atoms with Gasteiger partial charge in [-0.05, 0) is 38.0 Å². The van der Waals surface area contributed by atoms with Crippen molar-refractivity contribution < 1.29 is 36.1 Å². The fourth-order valence-corrected chi connectivity index (χ4v) is 3.83. The molecule has 0 aromatic rings. The number of esters is 1. The van der Waals surface area contributed by atoms with Crippen molar-refractivity contribution in [3.63, 3.8) is 0 Å². The average Bonchev–Trinajstić information content (AvgIpc) is 2.47. The molecule has 3 unspecified atom stereocenters. The number of rotatable bonds is 6. The van der Waals surface area contributed by atoms with E-state index < -0.39 is 27.9 Å². The molecule has 3 atom stereocenters. The van der Waals surface area contributed by atoms with Crippen LogP contribution in [0.1, 0.15) is 44.9 Å². The summed E-state index contributed by atoms with van der Waals surface area (Å²) in [5.41, 5.74) is 0. The fourth-order valence-electron chi connectivity index (χ4n) is 3.56. The predicted octanol–water partition coefficient (Wildman–Crippen LogP) is 2.19. The average molecular weight is 354 g/mol. The van der Waals surface area contributed by atoms with Crippen LogP contribution in [-0.2, 0) is 24.4 Å². The van der Waals surface area contributed by atoms with E-state index in [1.54, 1.807) is 0 Å². The van der Waals surface area contributed by atoms with Gasteiger partial charge in [0.25, 0.3) is 0 Å². The number of ketones is 1. The van der Waals surface area contributed by atoms with Crippen LogP contribution in [-0.4, -0.2) is 36.6 Å². The van der Waals surface area contributed by atoms with Crippen LogP contribution >= 0.6 is 0 Å². The summed E-state index contributed by atoms with van der Waals surface area (Å²) in [6, 6.07) is 0. The molecule has 0 aromatic heterocycles. The Morgan fingerprint density at radius 1 is 1.30 bits per heavy atom. The van der Waals surface area contributed by atoms with Gasteiger partial charge in [0.15, 0.2) is 0 Å². The highest BCUT2D eigenvalue weighted by molar-refractivity contribution is 7.87. The molecule has 6 nitrogen and oxygen atoms in total. The van der Waals surface area contributed by atoms with Gasteiger partial charge < -0.3 is 4.74 Å². The molecule has 2 aliphatic carbocycles. The summed E-state index contributed by atoms with van der Waals surface area (Å²) in [6.45, 7) is -0.414. The third kappa shape index (κ3) is 4.06. The molecule has 2 fully saturated rings. The minimum atomic E-state index is -5.84. The second-order valence-electron chi connectivity index (χ2n) is 6.33. The van der Waals surface area contributed by atoms with Gasteiger partial charge in [0.05, 0.1) is 6.61 Å². The first-order valence-corrected chi connectivity index (χ1v) is 9.12. The van der Waals surface area contributed by atoms with Crippen molar-refractivity contribution in [1.29, 1.82) is 0 Å². The Morgan fingerprint density at radius 3 is 2.65 bits per heavy atom. The van der Waals surface area contributed by atoms with E-state index in [9.17, 15) is 26.8 Å². The molecule has 1 N–H and O–H groups in total. The van der Waals surface area contributed by atoms with Gasteiger partial charge in [0, 0.05) is 11.8 Å². The van der Waals surface area contributed by atoms with E-state index in [1.807, 2.05) is 0 Å². The zero-order valence-electron chi connectivity index (χ0n) is 12.5. The molecule has 2 rings (SSSR count). The lowest BCUT2D eigenvalue weighted by Gasteiger charge is -2.37. The van der Waals surface area contributed by atoms with Crippen LogP contribution in [0.4, 0.5) is 8.78 Å². The molecular weight excluding hydrogens is 334 g/mol. The Morgan fingerprint density at radius 2 is 2.00 bits per heavy atom. The van der Waals surface area contributed by atoms with Gasteiger partial charge in [-0.2, -0.15) is 17.2 Å².